The van der Waals surface area contributed by atoms with Crippen molar-refractivity contribution in [3.05, 3.63) is 34.2 Å². The van der Waals surface area contributed by atoms with Gasteiger partial charge >= 0.3 is 0 Å². The van der Waals surface area contributed by atoms with Crippen molar-refractivity contribution < 1.29 is 0 Å². The molecule has 1 unspecified atom stereocenters. The zero-order chi connectivity index (χ0) is 18.7. The highest BCUT2D eigenvalue weighted by atomic mass is 32.1. The third-order valence-electron chi connectivity index (χ3n) is 6.62. The second-order valence-corrected chi connectivity index (χ2v) is 9.98. The summed E-state index contributed by atoms with van der Waals surface area (Å²) in [5, 5.41) is 5.73. The van der Waals surface area contributed by atoms with Crippen LogP contribution < -0.4 is 4.90 Å². The van der Waals surface area contributed by atoms with Gasteiger partial charge in [-0.1, -0.05) is 0 Å². The molecule has 6 heteroatoms. The van der Waals surface area contributed by atoms with Crippen molar-refractivity contribution in [3.63, 3.8) is 0 Å². The maximum Gasteiger partial charge on any atom is 0.141 e. The Morgan fingerprint density at radius 2 is 2.04 bits per heavy atom. The molecule has 5 nitrogen and oxygen atoms in total. The fourth-order valence-electron chi connectivity index (χ4n) is 5.01. The van der Waals surface area contributed by atoms with Gasteiger partial charge in [0.15, 0.2) is 0 Å². The Hall–Kier alpha value is -1.95. The molecule has 2 aliphatic carbocycles. The number of fused-ring (bicyclic) bond motifs is 3. The Bertz CT molecular complexity index is 1030. The van der Waals surface area contributed by atoms with Gasteiger partial charge in [0.2, 0.25) is 0 Å². The Labute approximate surface area is 169 Å². The predicted molar refractivity (Wildman–Crippen MR) is 113 cm³/mol. The fourth-order valence-corrected chi connectivity index (χ4v) is 6.27. The summed E-state index contributed by atoms with van der Waals surface area (Å²) in [5.74, 6) is 3.65. The number of aryl methyl sites for hydroxylation is 3. The summed E-state index contributed by atoms with van der Waals surface area (Å²) in [6.07, 6.45) is 14.2. The van der Waals surface area contributed by atoms with Crippen molar-refractivity contribution in [1.29, 1.82) is 0 Å². The number of rotatable bonds is 4. The van der Waals surface area contributed by atoms with Gasteiger partial charge in [-0.2, -0.15) is 5.10 Å². The van der Waals surface area contributed by atoms with E-state index in [1.165, 1.54) is 66.5 Å². The number of thiophene rings is 1. The molecule has 0 amide bonds. The van der Waals surface area contributed by atoms with Gasteiger partial charge in [0.05, 0.1) is 11.6 Å². The topological polar surface area (TPSA) is 46.8 Å². The van der Waals surface area contributed by atoms with Gasteiger partial charge in [-0.15, -0.1) is 11.3 Å². The molecule has 3 aromatic heterocycles. The zero-order valence-corrected chi connectivity index (χ0v) is 17.3. The molecule has 4 heterocycles. The molecule has 0 N–H and O–H groups in total. The molecular weight excluding hydrogens is 366 g/mol. The van der Waals surface area contributed by atoms with Crippen LogP contribution in [-0.4, -0.2) is 32.8 Å². The third kappa shape index (κ3) is 2.93. The fraction of sp³-hybridized carbons (Fsp3) is 0.591. The van der Waals surface area contributed by atoms with Gasteiger partial charge < -0.3 is 4.90 Å². The smallest absolute Gasteiger partial charge is 0.141 e. The van der Waals surface area contributed by atoms with Crippen LogP contribution in [0.15, 0.2) is 12.4 Å². The molecule has 0 aromatic carbocycles. The second-order valence-electron chi connectivity index (χ2n) is 8.90. The van der Waals surface area contributed by atoms with Crippen molar-refractivity contribution in [2.24, 2.45) is 13.0 Å². The van der Waals surface area contributed by atoms with Crippen LogP contribution in [0.5, 0.6) is 0 Å². The molecule has 2 fully saturated rings. The number of anilines is 1. The van der Waals surface area contributed by atoms with Crippen LogP contribution in [0.4, 0.5) is 5.82 Å². The van der Waals surface area contributed by atoms with Crippen molar-refractivity contribution in [3.8, 4) is 0 Å². The van der Waals surface area contributed by atoms with E-state index >= 15 is 0 Å². The molecule has 6 rings (SSSR count). The highest BCUT2D eigenvalue weighted by Gasteiger charge is 2.32. The van der Waals surface area contributed by atoms with Crippen molar-refractivity contribution >= 4 is 27.4 Å². The summed E-state index contributed by atoms with van der Waals surface area (Å²) >= 11 is 1.95. The maximum atomic E-state index is 5.18. The van der Waals surface area contributed by atoms with Crippen LogP contribution in [0.25, 0.3) is 10.2 Å². The lowest BCUT2D eigenvalue weighted by atomic mass is 9.97. The highest BCUT2D eigenvalue weighted by molar-refractivity contribution is 7.19. The Balaban J connectivity index is 1.35. The molecular formula is C22H27N5S. The summed E-state index contributed by atoms with van der Waals surface area (Å²) in [4.78, 5) is 15.6. The summed E-state index contributed by atoms with van der Waals surface area (Å²) in [5.41, 5.74) is 2.92. The molecule has 3 aromatic rings. The normalized spacial score (nSPS) is 22.2. The zero-order valence-electron chi connectivity index (χ0n) is 16.5. The lowest BCUT2D eigenvalue weighted by molar-refractivity contribution is 0.586. The summed E-state index contributed by atoms with van der Waals surface area (Å²) in [6, 6.07) is 0. The maximum absolute atomic E-state index is 5.18. The monoisotopic (exact) mass is 393 g/mol. The van der Waals surface area contributed by atoms with Crippen LogP contribution in [0.1, 0.15) is 59.9 Å². The first-order valence-electron chi connectivity index (χ1n) is 10.8. The van der Waals surface area contributed by atoms with E-state index in [9.17, 15) is 0 Å². The molecule has 146 valence electrons. The Kier molecular flexibility index (Phi) is 3.96. The number of aromatic nitrogens is 4. The van der Waals surface area contributed by atoms with Gasteiger partial charge in [-0.25, -0.2) is 9.97 Å². The van der Waals surface area contributed by atoms with E-state index < -0.39 is 0 Å². The average molecular weight is 394 g/mol. The second kappa shape index (κ2) is 6.55. The summed E-state index contributed by atoms with van der Waals surface area (Å²) < 4.78 is 1.91. The molecule has 1 aliphatic heterocycles. The van der Waals surface area contributed by atoms with Gasteiger partial charge in [0, 0.05) is 37.1 Å². The van der Waals surface area contributed by atoms with Crippen molar-refractivity contribution in [2.45, 2.75) is 57.3 Å². The minimum Gasteiger partial charge on any atom is -0.356 e. The largest absolute Gasteiger partial charge is 0.356 e. The standard InChI is InChI=1S/C22H27N5S/c1-26-12-15(11-23-26)10-14-8-9-27(13-14)21-19-17-4-2-3-5-18(17)28-22(19)25-20(24-21)16-6-7-16/h11-12,14,16H,2-10,13H2,1H3. The molecule has 0 radical (unpaired) electrons. The van der Waals surface area contributed by atoms with Crippen molar-refractivity contribution in [2.75, 3.05) is 18.0 Å². The highest BCUT2D eigenvalue weighted by Crippen LogP contribution is 2.44. The van der Waals surface area contributed by atoms with E-state index in [0.29, 0.717) is 11.8 Å². The van der Waals surface area contributed by atoms with Gasteiger partial charge in [0.1, 0.15) is 16.5 Å². The minimum atomic E-state index is 0.607. The first-order valence-corrected chi connectivity index (χ1v) is 11.6. The first-order chi connectivity index (χ1) is 13.7. The molecule has 0 spiro atoms. The lowest BCUT2D eigenvalue weighted by Crippen LogP contribution is -2.22. The molecule has 1 saturated heterocycles. The van der Waals surface area contributed by atoms with E-state index in [1.54, 1.807) is 10.4 Å². The van der Waals surface area contributed by atoms with Crippen LogP contribution in [0.3, 0.4) is 0 Å². The molecule has 28 heavy (non-hydrogen) atoms. The minimum absolute atomic E-state index is 0.607. The van der Waals surface area contributed by atoms with Gasteiger partial charge in [-0.05, 0) is 68.4 Å². The molecule has 1 atom stereocenters. The summed E-state index contributed by atoms with van der Waals surface area (Å²) in [6.45, 7) is 2.22. The quantitative estimate of drug-likeness (QED) is 0.665. The molecule has 0 bridgehead atoms. The van der Waals surface area contributed by atoms with Crippen LogP contribution in [0.2, 0.25) is 0 Å². The van der Waals surface area contributed by atoms with E-state index in [0.717, 1.165) is 25.3 Å². The number of hydrogen-bond donors (Lipinski definition) is 0. The van der Waals surface area contributed by atoms with Gasteiger partial charge in [0.25, 0.3) is 0 Å². The predicted octanol–water partition coefficient (Wildman–Crippen LogP) is 4.25. The van der Waals surface area contributed by atoms with E-state index in [4.69, 9.17) is 9.97 Å². The summed E-state index contributed by atoms with van der Waals surface area (Å²) in [7, 11) is 2.00. The average Bonchev–Trinajstić information content (AvgIpc) is 3.13. The van der Waals surface area contributed by atoms with E-state index in [2.05, 4.69) is 16.2 Å². The Morgan fingerprint density at radius 3 is 2.86 bits per heavy atom. The molecule has 3 aliphatic rings. The van der Waals surface area contributed by atoms with Crippen LogP contribution >= 0.6 is 11.3 Å². The molecule has 1 saturated carbocycles. The third-order valence-corrected chi connectivity index (χ3v) is 7.81. The lowest BCUT2D eigenvalue weighted by Gasteiger charge is -2.21. The SMILES string of the molecule is Cn1cc(CC2CCN(c3nc(C4CC4)nc4sc5c(c34)CCCC5)C2)cn1. The number of hydrogen-bond acceptors (Lipinski definition) is 5. The van der Waals surface area contributed by atoms with Gasteiger partial charge in [-0.3, -0.25) is 4.68 Å². The van der Waals surface area contributed by atoms with Crippen LogP contribution in [0, 0.1) is 5.92 Å². The number of nitrogens with zero attached hydrogens (tertiary/aromatic N) is 5. The first kappa shape index (κ1) is 17.0. The van der Waals surface area contributed by atoms with E-state index in [-0.39, 0.29) is 0 Å². The Morgan fingerprint density at radius 1 is 1.14 bits per heavy atom. The van der Waals surface area contributed by atoms with Crippen LogP contribution in [-0.2, 0) is 26.3 Å². The van der Waals surface area contributed by atoms with Crippen molar-refractivity contribution in [1.82, 2.24) is 19.7 Å². The van der Waals surface area contributed by atoms with E-state index in [1.807, 2.05) is 29.3 Å².